The monoisotopic (exact) mass is 300 g/mol. The lowest BCUT2D eigenvalue weighted by Crippen LogP contribution is -2.24. The van der Waals surface area contributed by atoms with Crippen molar-refractivity contribution in [2.24, 2.45) is 11.8 Å². The van der Waals surface area contributed by atoms with Gasteiger partial charge in [-0.2, -0.15) is 0 Å². The highest BCUT2D eigenvalue weighted by atomic mass is 16.2. The molecule has 0 aliphatic heterocycles. The van der Waals surface area contributed by atoms with Crippen molar-refractivity contribution in [2.75, 3.05) is 5.32 Å². The zero-order valence-corrected chi connectivity index (χ0v) is 13.3. The second-order valence-corrected chi connectivity index (χ2v) is 6.09. The first kappa shape index (κ1) is 16.3. The zero-order valence-electron chi connectivity index (χ0n) is 13.3. The Hall–Kier alpha value is -2.10. The largest absolute Gasteiger partial charge is 0.352 e. The van der Waals surface area contributed by atoms with Crippen molar-refractivity contribution < 1.29 is 9.59 Å². The number of carbonyl (C=O) groups excluding carboxylic acids is 2. The maximum absolute atomic E-state index is 11.9. The van der Waals surface area contributed by atoms with Crippen LogP contribution < -0.4 is 10.6 Å². The van der Waals surface area contributed by atoms with Gasteiger partial charge in [-0.25, -0.2) is 0 Å². The molecule has 1 atom stereocenters. The Morgan fingerprint density at radius 3 is 2.82 bits per heavy atom. The summed E-state index contributed by atoms with van der Waals surface area (Å²) < 4.78 is 0. The van der Waals surface area contributed by atoms with Gasteiger partial charge in [0.1, 0.15) is 0 Å². The number of benzene rings is 1. The molecular formula is C18H24N2O2. The standard InChI is InChI=1S/C18H24N2O2/c1-13(2)18(22)20-16-9-5-8-15(10-16)12-19-17(21)11-14-6-3-4-7-14/h3,5-6,8-10,13-14H,4,7,11-12H2,1-2H3,(H,19,21)(H,20,22). The highest BCUT2D eigenvalue weighted by Crippen LogP contribution is 2.20. The van der Waals surface area contributed by atoms with Gasteiger partial charge in [0.15, 0.2) is 0 Å². The van der Waals surface area contributed by atoms with Gasteiger partial charge in [-0.3, -0.25) is 9.59 Å². The van der Waals surface area contributed by atoms with Crippen molar-refractivity contribution in [3.8, 4) is 0 Å². The maximum atomic E-state index is 11.9. The van der Waals surface area contributed by atoms with Crippen LogP contribution in [-0.4, -0.2) is 11.8 Å². The number of hydrogen-bond donors (Lipinski definition) is 2. The SMILES string of the molecule is CC(C)C(=O)Nc1cccc(CNC(=O)CC2C=CCC2)c1. The fourth-order valence-corrected chi connectivity index (χ4v) is 2.42. The topological polar surface area (TPSA) is 58.2 Å². The van der Waals surface area contributed by atoms with E-state index < -0.39 is 0 Å². The Labute approximate surface area is 132 Å². The van der Waals surface area contributed by atoms with Crippen molar-refractivity contribution in [1.82, 2.24) is 5.32 Å². The average Bonchev–Trinajstić information content (AvgIpc) is 2.98. The molecule has 1 aromatic rings. The third kappa shape index (κ3) is 5.02. The molecule has 118 valence electrons. The van der Waals surface area contributed by atoms with Crippen LogP contribution >= 0.6 is 0 Å². The van der Waals surface area contributed by atoms with Gasteiger partial charge < -0.3 is 10.6 Å². The smallest absolute Gasteiger partial charge is 0.226 e. The molecule has 0 saturated carbocycles. The van der Waals surface area contributed by atoms with Gasteiger partial charge in [-0.05, 0) is 36.5 Å². The molecule has 0 aromatic heterocycles. The van der Waals surface area contributed by atoms with Crippen molar-refractivity contribution in [3.63, 3.8) is 0 Å². The quantitative estimate of drug-likeness (QED) is 0.792. The van der Waals surface area contributed by atoms with Crippen molar-refractivity contribution in [3.05, 3.63) is 42.0 Å². The van der Waals surface area contributed by atoms with E-state index in [9.17, 15) is 9.59 Å². The molecule has 1 aromatic carbocycles. The Morgan fingerprint density at radius 2 is 2.14 bits per heavy atom. The van der Waals surface area contributed by atoms with E-state index in [1.54, 1.807) is 0 Å². The van der Waals surface area contributed by atoms with E-state index in [1.165, 1.54) is 0 Å². The molecule has 0 saturated heterocycles. The molecule has 0 bridgehead atoms. The van der Waals surface area contributed by atoms with Crippen LogP contribution in [-0.2, 0) is 16.1 Å². The molecule has 22 heavy (non-hydrogen) atoms. The molecule has 2 N–H and O–H groups in total. The summed E-state index contributed by atoms with van der Waals surface area (Å²) in [6.07, 6.45) is 6.97. The lowest BCUT2D eigenvalue weighted by molar-refractivity contribution is -0.122. The van der Waals surface area contributed by atoms with Gasteiger partial charge in [-0.15, -0.1) is 0 Å². The summed E-state index contributed by atoms with van der Waals surface area (Å²) in [5.74, 6) is 0.405. The molecule has 4 nitrogen and oxygen atoms in total. The lowest BCUT2D eigenvalue weighted by Gasteiger charge is -2.11. The molecule has 1 aliphatic carbocycles. The van der Waals surface area contributed by atoms with Crippen LogP contribution in [0, 0.1) is 11.8 Å². The average molecular weight is 300 g/mol. The summed E-state index contributed by atoms with van der Waals surface area (Å²) in [6.45, 7) is 4.20. The van der Waals surface area contributed by atoms with Gasteiger partial charge in [0.05, 0.1) is 0 Å². The van der Waals surface area contributed by atoms with E-state index in [4.69, 9.17) is 0 Å². The first-order valence-corrected chi connectivity index (χ1v) is 7.88. The normalized spacial score (nSPS) is 16.8. The number of nitrogens with one attached hydrogen (secondary N) is 2. The van der Waals surface area contributed by atoms with Crippen LogP contribution in [0.4, 0.5) is 5.69 Å². The van der Waals surface area contributed by atoms with Gasteiger partial charge in [-0.1, -0.05) is 38.1 Å². The number of anilines is 1. The van der Waals surface area contributed by atoms with Crippen molar-refractivity contribution >= 4 is 17.5 Å². The predicted molar refractivity (Wildman–Crippen MR) is 88.2 cm³/mol. The van der Waals surface area contributed by atoms with Crippen LogP contribution in [0.3, 0.4) is 0 Å². The molecular weight excluding hydrogens is 276 g/mol. The summed E-state index contributed by atoms with van der Waals surface area (Å²) in [5.41, 5.74) is 1.75. The Balaban J connectivity index is 1.83. The summed E-state index contributed by atoms with van der Waals surface area (Å²) in [5, 5.41) is 5.81. The van der Waals surface area contributed by atoms with E-state index in [0.29, 0.717) is 18.9 Å². The van der Waals surface area contributed by atoms with Gasteiger partial charge >= 0.3 is 0 Å². The number of rotatable bonds is 6. The number of hydrogen-bond acceptors (Lipinski definition) is 2. The number of carbonyl (C=O) groups is 2. The van der Waals surface area contributed by atoms with Crippen LogP contribution in [0.25, 0.3) is 0 Å². The summed E-state index contributed by atoms with van der Waals surface area (Å²) >= 11 is 0. The minimum Gasteiger partial charge on any atom is -0.352 e. The van der Waals surface area contributed by atoms with E-state index in [0.717, 1.165) is 24.1 Å². The maximum Gasteiger partial charge on any atom is 0.226 e. The zero-order chi connectivity index (χ0) is 15.9. The Kier molecular flexibility index (Phi) is 5.75. The second-order valence-electron chi connectivity index (χ2n) is 6.09. The molecule has 0 radical (unpaired) electrons. The minimum atomic E-state index is -0.0529. The highest BCUT2D eigenvalue weighted by Gasteiger charge is 2.13. The lowest BCUT2D eigenvalue weighted by atomic mass is 10.0. The first-order valence-electron chi connectivity index (χ1n) is 7.88. The van der Waals surface area contributed by atoms with Crippen molar-refractivity contribution in [2.45, 2.75) is 39.7 Å². The minimum absolute atomic E-state index is 0.00536. The van der Waals surface area contributed by atoms with E-state index in [2.05, 4.69) is 22.8 Å². The highest BCUT2D eigenvalue weighted by molar-refractivity contribution is 5.92. The van der Waals surface area contributed by atoms with Gasteiger partial charge in [0.25, 0.3) is 0 Å². The second kappa shape index (κ2) is 7.78. The van der Waals surface area contributed by atoms with E-state index >= 15 is 0 Å². The van der Waals surface area contributed by atoms with Crippen LogP contribution in [0.5, 0.6) is 0 Å². The fourth-order valence-electron chi connectivity index (χ4n) is 2.42. The van der Waals surface area contributed by atoms with E-state index in [-0.39, 0.29) is 17.7 Å². The third-order valence-corrected chi connectivity index (χ3v) is 3.77. The first-order chi connectivity index (χ1) is 10.5. The molecule has 0 fully saturated rings. The van der Waals surface area contributed by atoms with Crippen LogP contribution in [0.15, 0.2) is 36.4 Å². The number of amides is 2. The molecule has 4 heteroatoms. The van der Waals surface area contributed by atoms with Crippen LogP contribution in [0.1, 0.15) is 38.7 Å². The van der Waals surface area contributed by atoms with Crippen molar-refractivity contribution in [1.29, 1.82) is 0 Å². The Morgan fingerprint density at radius 1 is 1.32 bits per heavy atom. The molecule has 0 spiro atoms. The predicted octanol–water partition coefficient (Wildman–Crippen LogP) is 3.25. The molecule has 0 heterocycles. The molecule has 2 amide bonds. The van der Waals surface area contributed by atoms with Gasteiger partial charge in [0, 0.05) is 24.6 Å². The number of allylic oxidation sites excluding steroid dienone is 2. The van der Waals surface area contributed by atoms with Crippen LogP contribution in [0.2, 0.25) is 0 Å². The molecule has 1 unspecified atom stereocenters. The fraction of sp³-hybridized carbons (Fsp3) is 0.444. The summed E-state index contributed by atoms with van der Waals surface area (Å²) in [6, 6.07) is 7.59. The Bertz CT molecular complexity index is 564. The molecule has 2 rings (SSSR count). The molecule has 1 aliphatic rings. The summed E-state index contributed by atoms with van der Waals surface area (Å²) in [7, 11) is 0. The van der Waals surface area contributed by atoms with Gasteiger partial charge in [0.2, 0.25) is 11.8 Å². The van der Waals surface area contributed by atoms with E-state index in [1.807, 2.05) is 38.1 Å². The third-order valence-electron chi connectivity index (χ3n) is 3.77. The summed E-state index contributed by atoms with van der Waals surface area (Å²) in [4.78, 5) is 23.6.